The molecule has 0 fully saturated rings. The molecule has 0 bridgehead atoms. The first-order chi connectivity index (χ1) is 6.93. The molecule has 0 aliphatic heterocycles. The summed E-state index contributed by atoms with van der Waals surface area (Å²) in [7, 11) is 0. The largest absolute Gasteiger partial charge is 0.377 e. The Balaban J connectivity index is 0. The topological polar surface area (TPSA) is 9.23 Å². The number of ether oxygens (including phenoxy) is 1. The standard InChI is InChI=1S/C9H12O.2C2H6/c1-2-10-8-9-6-4-3-5-7-9;2*1-2/h3-7H,2,8H2,1H3;2*1-2H3. The molecule has 1 aromatic carbocycles. The van der Waals surface area contributed by atoms with E-state index >= 15 is 0 Å². The smallest absolute Gasteiger partial charge is 0.0716 e. The summed E-state index contributed by atoms with van der Waals surface area (Å²) in [6, 6.07) is 10.2. The van der Waals surface area contributed by atoms with E-state index < -0.39 is 0 Å². The molecule has 0 aliphatic rings. The molecule has 0 N–H and O–H groups in total. The van der Waals surface area contributed by atoms with E-state index in [1.54, 1.807) is 0 Å². The minimum Gasteiger partial charge on any atom is -0.377 e. The molecule has 0 aliphatic carbocycles. The molecular formula is C13H24O. The molecule has 0 spiro atoms. The second-order valence-electron chi connectivity index (χ2n) is 2.12. The Morgan fingerprint density at radius 3 is 1.86 bits per heavy atom. The van der Waals surface area contributed by atoms with Crippen molar-refractivity contribution in [3.63, 3.8) is 0 Å². The molecule has 0 aromatic heterocycles. The minimum atomic E-state index is 0.733. The SMILES string of the molecule is CC.CC.CCOCc1ccccc1. The van der Waals surface area contributed by atoms with Gasteiger partial charge in [0.25, 0.3) is 0 Å². The fraction of sp³-hybridized carbons (Fsp3) is 0.538. The van der Waals surface area contributed by atoms with E-state index in [1.807, 2.05) is 52.8 Å². The second-order valence-corrected chi connectivity index (χ2v) is 2.12. The van der Waals surface area contributed by atoms with Gasteiger partial charge in [-0.05, 0) is 12.5 Å². The third kappa shape index (κ3) is 9.27. The first-order valence-electron chi connectivity index (χ1n) is 5.55. The van der Waals surface area contributed by atoms with Crippen molar-refractivity contribution in [1.82, 2.24) is 0 Å². The fourth-order valence-electron chi connectivity index (χ4n) is 0.794. The highest BCUT2D eigenvalue weighted by Gasteiger charge is 1.86. The monoisotopic (exact) mass is 196 g/mol. The van der Waals surface area contributed by atoms with Gasteiger partial charge >= 0.3 is 0 Å². The maximum atomic E-state index is 5.22. The fourth-order valence-corrected chi connectivity index (χ4v) is 0.794. The number of hydrogen-bond donors (Lipinski definition) is 0. The van der Waals surface area contributed by atoms with Gasteiger partial charge in [0.15, 0.2) is 0 Å². The molecule has 0 atom stereocenters. The van der Waals surface area contributed by atoms with Gasteiger partial charge in [-0.15, -0.1) is 0 Å². The third-order valence-electron chi connectivity index (χ3n) is 1.32. The van der Waals surface area contributed by atoms with Crippen LogP contribution in [0.15, 0.2) is 30.3 Å². The summed E-state index contributed by atoms with van der Waals surface area (Å²) in [4.78, 5) is 0. The van der Waals surface area contributed by atoms with Crippen LogP contribution in [0, 0.1) is 0 Å². The molecule has 1 heteroatoms. The number of hydrogen-bond acceptors (Lipinski definition) is 1. The average Bonchev–Trinajstić information content (AvgIpc) is 2.33. The first kappa shape index (κ1) is 15.6. The van der Waals surface area contributed by atoms with Crippen molar-refractivity contribution in [3.05, 3.63) is 35.9 Å². The molecule has 1 nitrogen and oxygen atoms in total. The van der Waals surface area contributed by atoms with Gasteiger partial charge in [0.2, 0.25) is 0 Å². The Kier molecular flexibility index (Phi) is 16.4. The van der Waals surface area contributed by atoms with Crippen molar-refractivity contribution in [2.45, 2.75) is 41.2 Å². The maximum Gasteiger partial charge on any atom is 0.0716 e. The Morgan fingerprint density at radius 2 is 1.43 bits per heavy atom. The highest BCUT2D eigenvalue weighted by molar-refractivity contribution is 5.13. The van der Waals surface area contributed by atoms with E-state index in [4.69, 9.17) is 4.74 Å². The van der Waals surface area contributed by atoms with Gasteiger partial charge in [-0.3, -0.25) is 0 Å². The number of rotatable bonds is 3. The molecular weight excluding hydrogens is 172 g/mol. The second kappa shape index (κ2) is 14.7. The summed E-state index contributed by atoms with van der Waals surface area (Å²) in [6.07, 6.45) is 0. The van der Waals surface area contributed by atoms with E-state index in [2.05, 4.69) is 12.1 Å². The minimum absolute atomic E-state index is 0.733. The zero-order valence-electron chi connectivity index (χ0n) is 10.2. The average molecular weight is 196 g/mol. The predicted octanol–water partition coefficient (Wildman–Crippen LogP) is 4.28. The van der Waals surface area contributed by atoms with Gasteiger partial charge in [-0.1, -0.05) is 58.0 Å². The molecule has 0 saturated heterocycles. The van der Waals surface area contributed by atoms with E-state index in [0.717, 1.165) is 13.2 Å². The van der Waals surface area contributed by atoms with Crippen molar-refractivity contribution < 1.29 is 4.74 Å². The Hall–Kier alpha value is -0.820. The summed E-state index contributed by atoms with van der Waals surface area (Å²) in [6.45, 7) is 11.5. The van der Waals surface area contributed by atoms with Gasteiger partial charge in [-0.25, -0.2) is 0 Å². The van der Waals surface area contributed by atoms with Crippen molar-refractivity contribution in [1.29, 1.82) is 0 Å². The zero-order chi connectivity index (χ0) is 11.2. The molecule has 0 heterocycles. The van der Waals surface area contributed by atoms with Gasteiger partial charge in [-0.2, -0.15) is 0 Å². The van der Waals surface area contributed by atoms with Crippen LogP contribution in [-0.2, 0) is 11.3 Å². The van der Waals surface area contributed by atoms with Crippen LogP contribution in [0.3, 0.4) is 0 Å². The lowest BCUT2D eigenvalue weighted by Crippen LogP contribution is -1.90. The molecule has 0 radical (unpaired) electrons. The van der Waals surface area contributed by atoms with Gasteiger partial charge < -0.3 is 4.74 Å². The quantitative estimate of drug-likeness (QED) is 0.701. The van der Waals surface area contributed by atoms with E-state index in [0.29, 0.717) is 0 Å². The van der Waals surface area contributed by atoms with Crippen LogP contribution in [0.2, 0.25) is 0 Å². The highest BCUT2D eigenvalue weighted by atomic mass is 16.5. The zero-order valence-corrected chi connectivity index (χ0v) is 10.2. The van der Waals surface area contributed by atoms with Crippen LogP contribution in [-0.4, -0.2) is 6.61 Å². The normalized spacial score (nSPS) is 7.79. The maximum absolute atomic E-state index is 5.22. The van der Waals surface area contributed by atoms with Crippen LogP contribution in [0.5, 0.6) is 0 Å². The molecule has 0 saturated carbocycles. The van der Waals surface area contributed by atoms with Crippen LogP contribution < -0.4 is 0 Å². The molecule has 1 rings (SSSR count). The molecule has 0 unspecified atom stereocenters. The lowest BCUT2D eigenvalue weighted by Gasteiger charge is -1.98. The summed E-state index contributed by atoms with van der Waals surface area (Å²) in [5.41, 5.74) is 1.24. The van der Waals surface area contributed by atoms with Crippen LogP contribution in [0.1, 0.15) is 40.2 Å². The lowest BCUT2D eigenvalue weighted by molar-refractivity contribution is 0.134. The van der Waals surface area contributed by atoms with E-state index in [1.165, 1.54) is 5.56 Å². The van der Waals surface area contributed by atoms with Crippen LogP contribution >= 0.6 is 0 Å². The first-order valence-corrected chi connectivity index (χ1v) is 5.55. The third-order valence-corrected chi connectivity index (χ3v) is 1.32. The van der Waals surface area contributed by atoms with Crippen LogP contribution in [0.4, 0.5) is 0 Å². The van der Waals surface area contributed by atoms with E-state index in [-0.39, 0.29) is 0 Å². The summed E-state index contributed by atoms with van der Waals surface area (Å²) in [5.74, 6) is 0. The highest BCUT2D eigenvalue weighted by Crippen LogP contribution is 1.99. The molecule has 0 amide bonds. The Labute approximate surface area is 89.1 Å². The van der Waals surface area contributed by atoms with Crippen molar-refractivity contribution in [3.8, 4) is 0 Å². The predicted molar refractivity (Wildman–Crippen MR) is 64.5 cm³/mol. The van der Waals surface area contributed by atoms with E-state index in [9.17, 15) is 0 Å². The summed E-state index contributed by atoms with van der Waals surface area (Å²) < 4.78 is 5.22. The lowest BCUT2D eigenvalue weighted by atomic mass is 10.2. The summed E-state index contributed by atoms with van der Waals surface area (Å²) >= 11 is 0. The molecule has 82 valence electrons. The van der Waals surface area contributed by atoms with Gasteiger partial charge in [0.1, 0.15) is 0 Å². The van der Waals surface area contributed by atoms with Gasteiger partial charge in [0, 0.05) is 6.61 Å². The molecule has 1 aromatic rings. The Morgan fingerprint density at radius 1 is 0.929 bits per heavy atom. The Bertz CT molecular complexity index is 170. The summed E-state index contributed by atoms with van der Waals surface area (Å²) in [5, 5.41) is 0. The van der Waals surface area contributed by atoms with Crippen molar-refractivity contribution in [2.75, 3.05) is 6.61 Å². The van der Waals surface area contributed by atoms with Crippen molar-refractivity contribution in [2.24, 2.45) is 0 Å². The molecule has 14 heavy (non-hydrogen) atoms. The number of benzene rings is 1. The van der Waals surface area contributed by atoms with Crippen molar-refractivity contribution >= 4 is 0 Å². The van der Waals surface area contributed by atoms with Crippen LogP contribution in [0.25, 0.3) is 0 Å². The van der Waals surface area contributed by atoms with Gasteiger partial charge in [0.05, 0.1) is 6.61 Å².